The van der Waals surface area contributed by atoms with Gasteiger partial charge in [-0.1, -0.05) is 0 Å². The molecule has 0 atom stereocenters. The van der Waals surface area contributed by atoms with E-state index in [1.165, 1.54) is 0 Å². The van der Waals surface area contributed by atoms with Gasteiger partial charge in [0.05, 0.1) is 0 Å². The van der Waals surface area contributed by atoms with Crippen molar-refractivity contribution in [3.05, 3.63) is 24.3 Å². The van der Waals surface area contributed by atoms with Gasteiger partial charge >= 0.3 is 11.8 Å². The molecule has 1 heterocycles. The van der Waals surface area contributed by atoms with Crippen molar-refractivity contribution in [2.24, 2.45) is 0 Å². The topological polar surface area (TPSA) is 64.7 Å². The molecule has 2 amide bonds. The number of carbonyl (C=O) groups is 2. The lowest BCUT2D eigenvalue weighted by Gasteiger charge is -2.19. The molecule has 0 spiro atoms. The minimum atomic E-state index is -0.575. The molecule has 0 saturated carbocycles. The van der Waals surface area contributed by atoms with E-state index in [4.69, 9.17) is 0 Å². The summed E-state index contributed by atoms with van der Waals surface area (Å²) in [6, 6.07) is 7.39. The monoisotopic (exact) mass is 290 g/mol. The highest BCUT2D eigenvalue weighted by atomic mass is 16.2. The van der Waals surface area contributed by atoms with Gasteiger partial charge in [0.2, 0.25) is 0 Å². The van der Waals surface area contributed by atoms with Crippen LogP contribution in [0.25, 0.3) is 0 Å². The maximum atomic E-state index is 12.1. The van der Waals surface area contributed by atoms with Gasteiger partial charge in [-0.2, -0.15) is 0 Å². The van der Waals surface area contributed by atoms with E-state index in [0.717, 1.165) is 25.2 Å². The van der Waals surface area contributed by atoms with Crippen molar-refractivity contribution in [2.45, 2.75) is 6.42 Å². The number of amides is 2. The fourth-order valence-corrected chi connectivity index (χ4v) is 2.22. The Morgan fingerprint density at radius 2 is 1.86 bits per heavy atom. The third kappa shape index (κ3) is 4.19. The molecule has 0 bridgehead atoms. The molecule has 1 aromatic rings. The first-order valence-corrected chi connectivity index (χ1v) is 7.16. The van der Waals surface area contributed by atoms with Crippen LogP contribution < -0.4 is 15.5 Å². The van der Waals surface area contributed by atoms with Gasteiger partial charge in [-0.25, -0.2) is 0 Å². The Morgan fingerprint density at radius 3 is 2.52 bits per heavy atom. The molecule has 21 heavy (non-hydrogen) atoms. The average Bonchev–Trinajstić information content (AvgIpc) is 2.76. The molecule has 1 saturated heterocycles. The van der Waals surface area contributed by atoms with E-state index in [1.807, 2.05) is 31.1 Å². The second kappa shape index (κ2) is 7.08. The zero-order valence-corrected chi connectivity index (χ0v) is 12.6. The molecule has 2 N–H and O–H groups in total. The predicted molar refractivity (Wildman–Crippen MR) is 83.5 cm³/mol. The molecule has 114 valence electrons. The lowest BCUT2D eigenvalue weighted by Crippen LogP contribution is -2.41. The number of nitrogens with zero attached hydrogens (tertiary/aromatic N) is 2. The largest absolute Gasteiger partial charge is 0.378 e. The summed E-state index contributed by atoms with van der Waals surface area (Å²) in [6.45, 7) is 2.82. The second-order valence-electron chi connectivity index (χ2n) is 5.29. The van der Waals surface area contributed by atoms with Crippen molar-refractivity contribution in [1.82, 2.24) is 10.2 Å². The maximum Gasteiger partial charge on any atom is 0.313 e. The summed E-state index contributed by atoms with van der Waals surface area (Å²) < 4.78 is 0. The van der Waals surface area contributed by atoms with E-state index in [0.29, 0.717) is 18.8 Å². The van der Waals surface area contributed by atoms with Crippen LogP contribution in [-0.4, -0.2) is 57.0 Å². The fourth-order valence-electron chi connectivity index (χ4n) is 2.22. The van der Waals surface area contributed by atoms with E-state index < -0.39 is 11.8 Å². The van der Waals surface area contributed by atoms with Crippen molar-refractivity contribution in [1.29, 1.82) is 0 Å². The van der Waals surface area contributed by atoms with Gasteiger partial charge in [-0.15, -0.1) is 0 Å². The fraction of sp³-hybridized carbons (Fsp3) is 0.467. The lowest BCUT2D eigenvalue weighted by atomic mass is 10.2. The predicted octanol–water partition coefficient (Wildman–Crippen LogP) is 0.513. The van der Waals surface area contributed by atoms with Gasteiger partial charge in [-0.3, -0.25) is 9.59 Å². The molecule has 0 aromatic heterocycles. The Kier molecular flexibility index (Phi) is 5.16. The summed E-state index contributed by atoms with van der Waals surface area (Å²) >= 11 is 0. The van der Waals surface area contributed by atoms with Crippen molar-refractivity contribution >= 4 is 23.2 Å². The first-order chi connectivity index (χ1) is 10.1. The van der Waals surface area contributed by atoms with Crippen LogP contribution >= 0.6 is 0 Å². The maximum absolute atomic E-state index is 12.1. The minimum Gasteiger partial charge on any atom is -0.378 e. The highest BCUT2D eigenvalue weighted by molar-refractivity contribution is 6.39. The van der Waals surface area contributed by atoms with Crippen LogP contribution in [0.4, 0.5) is 11.4 Å². The van der Waals surface area contributed by atoms with E-state index in [-0.39, 0.29) is 0 Å². The van der Waals surface area contributed by atoms with Gasteiger partial charge in [0.15, 0.2) is 0 Å². The number of nitrogens with one attached hydrogen (secondary N) is 2. The molecule has 0 unspecified atom stereocenters. The zero-order chi connectivity index (χ0) is 15.2. The Balaban J connectivity index is 1.95. The normalized spacial score (nSPS) is 15.2. The van der Waals surface area contributed by atoms with E-state index in [9.17, 15) is 9.59 Å². The van der Waals surface area contributed by atoms with Crippen LogP contribution in [0.5, 0.6) is 0 Å². The summed E-state index contributed by atoms with van der Waals surface area (Å²) in [5, 5.41) is 5.86. The molecule has 1 aliphatic rings. The number of hydrogen-bond donors (Lipinski definition) is 2. The third-order valence-corrected chi connectivity index (χ3v) is 3.46. The second-order valence-corrected chi connectivity index (χ2v) is 5.29. The summed E-state index contributed by atoms with van der Waals surface area (Å²) in [4.78, 5) is 27.7. The highest BCUT2D eigenvalue weighted by Crippen LogP contribution is 2.15. The van der Waals surface area contributed by atoms with Crippen LogP contribution in [0.15, 0.2) is 24.3 Å². The summed E-state index contributed by atoms with van der Waals surface area (Å²) in [5.41, 5.74) is 1.67. The quantitative estimate of drug-likeness (QED) is 0.779. The Labute approximate surface area is 125 Å². The molecule has 0 aliphatic carbocycles. The zero-order valence-electron chi connectivity index (χ0n) is 12.6. The van der Waals surface area contributed by atoms with Crippen LogP contribution in [0.3, 0.4) is 0 Å². The standard InChI is InChI=1S/C15H22N4O2/c1-18(2)13-6-4-12(5-7-13)17-14(20)15(21)19-10-3-8-16-9-11-19/h4-7,16H,3,8-11H2,1-2H3,(H,17,20). The summed E-state index contributed by atoms with van der Waals surface area (Å²) in [5.74, 6) is -1.04. The molecule has 2 rings (SSSR count). The van der Waals surface area contributed by atoms with Crippen molar-refractivity contribution in [2.75, 3.05) is 50.5 Å². The van der Waals surface area contributed by atoms with Gasteiger partial charge in [0.25, 0.3) is 0 Å². The SMILES string of the molecule is CN(C)c1ccc(NC(=O)C(=O)N2CCCNCC2)cc1. The molecule has 0 radical (unpaired) electrons. The Hall–Kier alpha value is -2.08. The van der Waals surface area contributed by atoms with Crippen LogP contribution in [0.1, 0.15) is 6.42 Å². The molecule has 1 fully saturated rings. The number of rotatable bonds is 2. The minimum absolute atomic E-state index is 0.463. The van der Waals surface area contributed by atoms with Crippen LogP contribution in [0, 0.1) is 0 Å². The van der Waals surface area contributed by atoms with Crippen LogP contribution in [-0.2, 0) is 9.59 Å². The third-order valence-electron chi connectivity index (χ3n) is 3.46. The van der Waals surface area contributed by atoms with Gasteiger partial charge in [0, 0.05) is 45.1 Å². The van der Waals surface area contributed by atoms with E-state index >= 15 is 0 Å². The number of benzene rings is 1. The first kappa shape index (κ1) is 15.3. The van der Waals surface area contributed by atoms with Crippen molar-refractivity contribution in [3.63, 3.8) is 0 Å². The first-order valence-electron chi connectivity index (χ1n) is 7.16. The lowest BCUT2D eigenvalue weighted by molar-refractivity contribution is -0.143. The summed E-state index contributed by atoms with van der Waals surface area (Å²) in [6.07, 6.45) is 0.872. The molecule has 1 aromatic carbocycles. The number of carbonyl (C=O) groups excluding carboxylic acids is 2. The molecule has 6 nitrogen and oxygen atoms in total. The molecular formula is C15H22N4O2. The van der Waals surface area contributed by atoms with E-state index in [2.05, 4.69) is 10.6 Å². The molecule has 1 aliphatic heterocycles. The molecule has 6 heteroatoms. The smallest absolute Gasteiger partial charge is 0.313 e. The highest BCUT2D eigenvalue weighted by Gasteiger charge is 2.22. The Bertz CT molecular complexity index is 491. The van der Waals surface area contributed by atoms with Crippen molar-refractivity contribution < 1.29 is 9.59 Å². The Morgan fingerprint density at radius 1 is 1.14 bits per heavy atom. The van der Waals surface area contributed by atoms with Gasteiger partial charge < -0.3 is 20.4 Å². The molecular weight excluding hydrogens is 268 g/mol. The van der Waals surface area contributed by atoms with E-state index in [1.54, 1.807) is 17.0 Å². The average molecular weight is 290 g/mol. The van der Waals surface area contributed by atoms with Gasteiger partial charge in [0.1, 0.15) is 0 Å². The van der Waals surface area contributed by atoms with Crippen LogP contribution in [0.2, 0.25) is 0 Å². The number of hydrogen-bond acceptors (Lipinski definition) is 4. The number of anilines is 2. The summed E-state index contributed by atoms with van der Waals surface area (Å²) in [7, 11) is 3.90. The van der Waals surface area contributed by atoms with Crippen molar-refractivity contribution in [3.8, 4) is 0 Å². The van der Waals surface area contributed by atoms with Gasteiger partial charge in [-0.05, 0) is 37.2 Å².